The Kier molecular flexibility index (Phi) is 1.32. The Morgan fingerprint density at radius 3 is 3.10 bits per heavy atom. The van der Waals surface area contributed by atoms with Gasteiger partial charge in [-0.05, 0) is 29.2 Å². The van der Waals surface area contributed by atoms with E-state index in [1.807, 2.05) is 12.4 Å². The minimum absolute atomic E-state index is 1.30. The summed E-state index contributed by atoms with van der Waals surface area (Å²) in [6.45, 7) is 0. The van der Waals surface area contributed by atoms with Crippen molar-refractivity contribution in [3.05, 3.63) is 34.3 Å². The average Bonchev–Trinajstić information content (AvgIpc) is 2.28. The van der Waals surface area contributed by atoms with E-state index in [0.29, 0.717) is 0 Å². The molecule has 2 heteroatoms. The van der Waals surface area contributed by atoms with Crippen molar-refractivity contribution in [2.75, 3.05) is 0 Å². The molecule has 2 rings (SSSR count). The second-order valence-corrected chi connectivity index (χ2v) is 3.02. The summed E-state index contributed by atoms with van der Waals surface area (Å²) in [5.74, 6) is 0. The molecule has 1 N–H and O–H groups in total. The lowest BCUT2D eigenvalue weighted by Gasteiger charge is -1.84. The zero-order chi connectivity index (χ0) is 6.81. The van der Waals surface area contributed by atoms with Crippen LogP contribution in [0.4, 0.5) is 0 Å². The molecular weight excluding hydrogens is 142 g/mol. The molecule has 1 aliphatic rings. The van der Waals surface area contributed by atoms with Crippen LogP contribution in [0.1, 0.15) is 10.4 Å². The molecule has 2 heterocycles. The topological polar surface area (TPSA) is 12.0 Å². The average molecular weight is 149 g/mol. The number of fused-ring (bicyclic) bond motifs is 1. The Morgan fingerprint density at radius 1 is 1.20 bits per heavy atom. The van der Waals surface area contributed by atoms with Crippen LogP contribution in [0.25, 0.3) is 12.2 Å². The molecular formula is C8H7NS. The van der Waals surface area contributed by atoms with Gasteiger partial charge in [0.2, 0.25) is 0 Å². The highest BCUT2D eigenvalue weighted by molar-refractivity contribution is 7.11. The lowest BCUT2D eigenvalue weighted by Crippen LogP contribution is -1.87. The predicted molar refractivity (Wildman–Crippen MR) is 45.5 cm³/mol. The van der Waals surface area contributed by atoms with E-state index in [9.17, 15) is 0 Å². The quantitative estimate of drug-likeness (QED) is 0.596. The second kappa shape index (κ2) is 2.31. The van der Waals surface area contributed by atoms with Gasteiger partial charge >= 0.3 is 0 Å². The first kappa shape index (κ1) is 5.74. The summed E-state index contributed by atoms with van der Waals surface area (Å²) in [7, 11) is 0. The Bertz CT molecular complexity index is 257. The van der Waals surface area contributed by atoms with Gasteiger partial charge in [-0.2, -0.15) is 0 Å². The highest BCUT2D eigenvalue weighted by Gasteiger charge is 1.97. The third-order valence-electron chi connectivity index (χ3n) is 1.42. The minimum atomic E-state index is 1.30. The zero-order valence-electron chi connectivity index (χ0n) is 5.37. The van der Waals surface area contributed by atoms with Gasteiger partial charge in [0.15, 0.2) is 0 Å². The highest BCUT2D eigenvalue weighted by Crippen LogP contribution is 2.20. The largest absolute Gasteiger partial charge is 0.368 e. The van der Waals surface area contributed by atoms with Crippen LogP contribution >= 0.6 is 11.3 Å². The molecule has 0 radical (unpaired) electrons. The fourth-order valence-electron chi connectivity index (χ4n) is 0.921. The van der Waals surface area contributed by atoms with E-state index in [2.05, 4.69) is 28.9 Å². The molecule has 1 aromatic rings. The van der Waals surface area contributed by atoms with Crippen molar-refractivity contribution in [1.82, 2.24) is 5.32 Å². The van der Waals surface area contributed by atoms with E-state index < -0.39 is 0 Å². The van der Waals surface area contributed by atoms with Gasteiger partial charge in [0.25, 0.3) is 0 Å². The first-order valence-corrected chi connectivity index (χ1v) is 4.01. The first-order chi connectivity index (χ1) is 4.97. The monoisotopic (exact) mass is 149 g/mol. The van der Waals surface area contributed by atoms with E-state index >= 15 is 0 Å². The lowest BCUT2D eigenvalue weighted by molar-refractivity contribution is 1.22. The van der Waals surface area contributed by atoms with Gasteiger partial charge in [-0.15, -0.1) is 11.3 Å². The normalized spacial score (nSPS) is 14.0. The molecule has 0 spiro atoms. The van der Waals surface area contributed by atoms with Crippen molar-refractivity contribution in [2.45, 2.75) is 0 Å². The molecule has 0 amide bonds. The summed E-state index contributed by atoms with van der Waals surface area (Å²) in [5, 5.41) is 5.13. The van der Waals surface area contributed by atoms with Crippen LogP contribution in [-0.4, -0.2) is 0 Å². The number of hydrogen-bond donors (Lipinski definition) is 1. The van der Waals surface area contributed by atoms with Gasteiger partial charge in [-0.3, -0.25) is 0 Å². The summed E-state index contributed by atoms with van der Waals surface area (Å²) in [4.78, 5) is 1.32. The molecule has 0 saturated carbocycles. The Balaban J connectivity index is 2.56. The lowest BCUT2D eigenvalue weighted by atomic mass is 10.2. The summed E-state index contributed by atoms with van der Waals surface area (Å²) >= 11 is 1.76. The highest BCUT2D eigenvalue weighted by atomic mass is 32.1. The van der Waals surface area contributed by atoms with Crippen molar-refractivity contribution < 1.29 is 0 Å². The van der Waals surface area contributed by atoms with E-state index in [0.717, 1.165) is 0 Å². The van der Waals surface area contributed by atoms with Gasteiger partial charge < -0.3 is 5.32 Å². The van der Waals surface area contributed by atoms with Crippen molar-refractivity contribution in [3.8, 4) is 0 Å². The van der Waals surface area contributed by atoms with Crippen LogP contribution in [0.2, 0.25) is 0 Å². The van der Waals surface area contributed by atoms with Crippen molar-refractivity contribution in [2.24, 2.45) is 0 Å². The van der Waals surface area contributed by atoms with E-state index in [1.54, 1.807) is 11.3 Å². The zero-order valence-corrected chi connectivity index (χ0v) is 6.19. The van der Waals surface area contributed by atoms with E-state index in [-0.39, 0.29) is 0 Å². The third-order valence-corrected chi connectivity index (χ3v) is 2.32. The fraction of sp³-hybridized carbons (Fsp3) is 0. The SMILES string of the molecule is C1=Cc2ccsc2C=CN1. The van der Waals surface area contributed by atoms with Gasteiger partial charge in [-0.1, -0.05) is 0 Å². The standard InChI is InChI=1S/C8H7NS/c1-4-9-5-2-8-7(1)3-6-10-8/h1-6,9H. The van der Waals surface area contributed by atoms with Gasteiger partial charge in [-0.25, -0.2) is 0 Å². The molecule has 1 aliphatic heterocycles. The molecule has 0 saturated heterocycles. The van der Waals surface area contributed by atoms with Gasteiger partial charge in [0.05, 0.1) is 0 Å². The summed E-state index contributed by atoms with van der Waals surface area (Å²) in [5.41, 5.74) is 1.30. The van der Waals surface area contributed by atoms with Crippen LogP contribution in [0.15, 0.2) is 23.8 Å². The van der Waals surface area contributed by atoms with Crippen LogP contribution < -0.4 is 5.32 Å². The van der Waals surface area contributed by atoms with Crippen LogP contribution in [0.5, 0.6) is 0 Å². The molecule has 0 aliphatic carbocycles. The number of rotatable bonds is 0. The second-order valence-electron chi connectivity index (χ2n) is 2.07. The fourth-order valence-corrected chi connectivity index (χ4v) is 1.70. The molecule has 50 valence electrons. The first-order valence-electron chi connectivity index (χ1n) is 3.13. The Morgan fingerprint density at radius 2 is 2.10 bits per heavy atom. The van der Waals surface area contributed by atoms with Crippen LogP contribution in [0, 0.1) is 0 Å². The molecule has 0 unspecified atom stereocenters. The predicted octanol–water partition coefficient (Wildman–Crippen LogP) is 2.29. The molecule has 0 fully saturated rings. The number of thiophene rings is 1. The van der Waals surface area contributed by atoms with E-state index in [4.69, 9.17) is 0 Å². The molecule has 1 nitrogen and oxygen atoms in total. The van der Waals surface area contributed by atoms with Gasteiger partial charge in [0, 0.05) is 17.3 Å². The van der Waals surface area contributed by atoms with Crippen molar-refractivity contribution in [3.63, 3.8) is 0 Å². The molecule has 0 aromatic carbocycles. The summed E-state index contributed by atoms with van der Waals surface area (Å²) in [6.07, 6.45) is 8.04. The number of nitrogens with one attached hydrogen (secondary N) is 1. The maximum absolute atomic E-state index is 3.03. The van der Waals surface area contributed by atoms with Crippen LogP contribution in [-0.2, 0) is 0 Å². The minimum Gasteiger partial charge on any atom is -0.368 e. The van der Waals surface area contributed by atoms with Gasteiger partial charge in [0.1, 0.15) is 0 Å². The van der Waals surface area contributed by atoms with Crippen molar-refractivity contribution >= 4 is 23.5 Å². The number of hydrogen-bond acceptors (Lipinski definition) is 2. The maximum atomic E-state index is 3.03. The molecule has 0 bridgehead atoms. The summed E-state index contributed by atoms with van der Waals surface area (Å²) < 4.78 is 0. The van der Waals surface area contributed by atoms with Crippen molar-refractivity contribution in [1.29, 1.82) is 0 Å². The van der Waals surface area contributed by atoms with Crippen LogP contribution in [0.3, 0.4) is 0 Å². The summed E-state index contributed by atoms with van der Waals surface area (Å²) in [6, 6.07) is 2.12. The Labute approximate surface area is 63.7 Å². The third kappa shape index (κ3) is 0.866. The molecule has 1 aromatic heterocycles. The Hall–Kier alpha value is -1.02. The molecule has 10 heavy (non-hydrogen) atoms. The van der Waals surface area contributed by atoms with E-state index in [1.165, 1.54) is 10.4 Å². The smallest absolute Gasteiger partial charge is 0.0357 e. The molecule has 0 atom stereocenters. The maximum Gasteiger partial charge on any atom is 0.0357 e.